The highest BCUT2D eigenvalue weighted by Gasteiger charge is 2.14. The van der Waals surface area contributed by atoms with Crippen LogP contribution in [0.5, 0.6) is 0 Å². The standard InChI is InChI=1S/C22H30N6O.HI/c1-23-22(27(2)16-18-15-17-9-5-6-10-19(17)29-18)24-13-8-12-21-26-25-20-11-4-3-7-14-28(20)21;/h5-6,9-10,15H,3-4,7-8,11-14,16H2,1-2H3,(H,23,24);1H. The van der Waals surface area contributed by atoms with Gasteiger partial charge in [-0.15, -0.1) is 34.2 Å². The topological polar surface area (TPSA) is 71.5 Å². The molecule has 162 valence electrons. The molecule has 1 aliphatic rings. The second-order valence-corrected chi connectivity index (χ2v) is 7.68. The molecule has 0 unspecified atom stereocenters. The van der Waals surface area contributed by atoms with Crippen LogP contribution in [-0.2, 0) is 25.9 Å². The molecular weight excluding hydrogens is 491 g/mol. The number of aromatic nitrogens is 3. The first-order valence-electron chi connectivity index (χ1n) is 10.5. The van der Waals surface area contributed by atoms with Gasteiger partial charge in [-0.1, -0.05) is 24.6 Å². The molecule has 1 aliphatic heterocycles. The summed E-state index contributed by atoms with van der Waals surface area (Å²) in [6.07, 6.45) is 6.74. The second-order valence-electron chi connectivity index (χ2n) is 7.68. The van der Waals surface area contributed by atoms with E-state index < -0.39 is 0 Å². The molecule has 2 aromatic heterocycles. The van der Waals surface area contributed by atoms with Gasteiger partial charge >= 0.3 is 0 Å². The van der Waals surface area contributed by atoms with Gasteiger partial charge in [-0.3, -0.25) is 4.99 Å². The zero-order valence-corrected chi connectivity index (χ0v) is 20.1. The van der Waals surface area contributed by atoms with Crippen LogP contribution in [0.1, 0.15) is 43.1 Å². The van der Waals surface area contributed by atoms with Crippen LogP contribution in [0.4, 0.5) is 0 Å². The molecule has 0 radical (unpaired) electrons. The number of hydrogen-bond acceptors (Lipinski definition) is 4. The second kappa shape index (κ2) is 10.8. The summed E-state index contributed by atoms with van der Waals surface area (Å²) >= 11 is 0. The van der Waals surface area contributed by atoms with Gasteiger partial charge < -0.3 is 19.2 Å². The molecule has 3 aromatic rings. The molecule has 3 heterocycles. The number of aryl methyl sites for hydroxylation is 2. The summed E-state index contributed by atoms with van der Waals surface area (Å²) < 4.78 is 8.26. The average molecular weight is 522 g/mol. The minimum Gasteiger partial charge on any atom is -0.459 e. The van der Waals surface area contributed by atoms with Crippen LogP contribution < -0.4 is 5.32 Å². The Balaban J connectivity index is 0.00000256. The van der Waals surface area contributed by atoms with Gasteiger partial charge in [0.2, 0.25) is 0 Å². The predicted molar refractivity (Wildman–Crippen MR) is 130 cm³/mol. The van der Waals surface area contributed by atoms with E-state index in [9.17, 15) is 0 Å². The molecular formula is C22H31IN6O. The van der Waals surface area contributed by atoms with E-state index in [-0.39, 0.29) is 24.0 Å². The number of furan rings is 1. The molecule has 0 bridgehead atoms. The van der Waals surface area contributed by atoms with E-state index in [0.29, 0.717) is 6.54 Å². The number of guanidine groups is 1. The Morgan fingerprint density at radius 3 is 2.93 bits per heavy atom. The summed E-state index contributed by atoms with van der Waals surface area (Å²) in [7, 11) is 3.84. The maximum atomic E-state index is 5.93. The van der Waals surface area contributed by atoms with Crippen LogP contribution in [0.25, 0.3) is 11.0 Å². The fraction of sp³-hybridized carbons (Fsp3) is 0.500. The molecule has 0 saturated heterocycles. The third-order valence-corrected chi connectivity index (χ3v) is 5.49. The van der Waals surface area contributed by atoms with Gasteiger partial charge in [0.15, 0.2) is 5.96 Å². The Hall–Kier alpha value is -2.10. The maximum Gasteiger partial charge on any atom is 0.193 e. The van der Waals surface area contributed by atoms with Gasteiger partial charge in [0, 0.05) is 45.4 Å². The lowest BCUT2D eigenvalue weighted by atomic mass is 10.2. The normalized spacial score (nSPS) is 14.1. The van der Waals surface area contributed by atoms with E-state index in [1.54, 1.807) is 0 Å². The molecule has 0 spiro atoms. The molecule has 0 saturated carbocycles. The van der Waals surface area contributed by atoms with Crippen LogP contribution in [0.2, 0.25) is 0 Å². The monoisotopic (exact) mass is 522 g/mol. The first kappa shape index (κ1) is 22.6. The zero-order valence-electron chi connectivity index (χ0n) is 17.8. The quantitative estimate of drug-likeness (QED) is 0.229. The van der Waals surface area contributed by atoms with Crippen LogP contribution >= 0.6 is 24.0 Å². The third kappa shape index (κ3) is 5.33. The molecule has 0 atom stereocenters. The van der Waals surface area contributed by atoms with Crippen molar-refractivity contribution in [3.8, 4) is 0 Å². The first-order valence-corrected chi connectivity index (χ1v) is 10.5. The first-order chi connectivity index (χ1) is 14.2. The number of benzene rings is 1. The lowest BCUT2D eigenvalue weighted by Crippen LogP contribution is -2.38. The third-order valence-electron chi connectivity index (χ3n) is 5.49. The number of aliphatic imine (C=N–C) groups is 1. The van der Waals surface area contributed by atoms with Gasteiger partial charge in [0.25, 0.3) is 0 Å². The Morgan fingerprint density at radius 1 is 1.23 bits per heavy atom. The number of halogens is 1. The molecule has 0 fully saturated rings. The predicted octanol–water partition coefficient (Wildman–Crippen LogP) is 4.01. The smallest absolute Gasteiger partial charge is 0.193 e. The molecule has 1 aromatic carbocycles. The van der Waals surface area contributed by atoms with Crippen molar-refractivity contribution >= 4 is 40.9 Å². The highest BCUT2D eigenvalue weighted by molar-refractivity contribution is 14.0. The molecule has 0 amide bonds. The van der Waals surface area contributed by atoms with Crippen molar-refractivity contribution in [1.29, 1.82) is 0 Å². The Morgan fingerprint density at radius 2 is 2.10 bits per heavy atom. The number of para-hydroxylation sites is 1. The average Bonchev–Trinajstić information content (AvgIpc) is 3.23. The van der Waals surface area contributed by atoms with E-state index in [2.05, 4.69) is 42.1 Å². The molecule has 4 rings (SSSR count). The van der Waals surface area contributed by atoms with E-state index in [0.717, 1.165) is 66.7 Å². The number of fused-ring (bicyclic) bond motifs is 2. The van der Waals surface area contributed by atoms with Crippen molar-refractivity contribution in [3.63, 3.8) is 0 Å². The van der Waals surface area contributed by atoms with Gasteiger partial charge in [-0.2, -0.15) is 0 Å². The van der Waals surface area contributed by atoms with Crippen LogP contribution in [-0.4, -0.2) is 46.3 Å². The minimum atomic E-state index is 0. The molecule has 1 N–H and O–H groups in total. The van der Waals surface area contributed by atoms with Crippen LogP contribution in [0.3, 0.4) is 0 Å². The highest BCUT2D eigenvalue weighted by atomic mass is 127. The minimum absolute atomic E-state index is 0. The largest absolute Gasteiger partial charge is 0.459 e. The van der Waals surface area contributed by atoms with Crippen LogP contribution in [0, 0.1) is 0 Å². The van der Waals surface area contributed by atoms with Crippen molar-refractivity contribution in [1.82, 2.24) is 25.0 Å². The van der Waals surface area contributed by atoms with Crippen molar-refractivity contribution in [2.24, 2.45) is 4.99 Å². The Kier molecular flexibility index (Phi) is 8.12. The van der Waals surface area contributed by atoms with E-state index in [1.807, 2.05) is 32.3 Å². The Bertz CT molecular complexity index is 946. The van der Waals surface area contributed by atoms with E-state index in [1.165, 1.54) is 19.3 Å². The molecule has 7 nitrogen and oxygen atoms in total. The fourth-order valence-electron chi connectivity index (χ4n) is 3.99. The van der Waals surface area contributed by atoms with Crippen molar-refractivity contribution in [2.75, 3.05) is 20.6 Å². The van der Waals surface area contributed by atoms with Crippen molar-refractivity contribution < 1.29 is 4.42 Å². The Labute approximate surface area is 195 Å². The van der Waals surface area contributed by atoms with Gasteiger partial charge in [0.1, 0.15) is 23.0 Å². The number of nitrogens with zero attached hydrogens (tertiary/aromatic N) is 5. The van der Waals surface area contributed by atoms with Crippen molar-refractivity contribution in [3.05, 3.63) is 47.7 Å². The van der Waals surface area contributed by atoms with Crippen LogP contribution in [0.15, 0.2) is 39.7 Å². The molecule has 30 heavy (non-hydrogen) atoms. The number of hydrogen-bond donors (Lipinski definition) is 1. The summed E-state index contributed by atoms with van der Waals surface area (Å²) in [6.45, 7) is 2.58. The number of rotatable bonds is 6. The summed E-state index contributed by atoms with van der Waals surface area (Å²) in [5.74, 6) is 4.08. The van der Waals surface area contributed by atoms with Gasteiger partial charge in [-0.25, -0.2) is 0 Å². The summed E-state index contributed by atoms with van der Waals surface area (Å²) in [6, 6.07) is 10.2. The van der Waals surface area contributed by atoms with Gasteiger partial charge in [0.05, 0.1) is 6.54 Å². The zero-order chi connectivity index (χ0) is 20.1. The van der Waals surface area contributed by atoms with E-state index in [4.69, 9.17) is 4.42 Å². The highest BCUT2D eigenvalue weighted by Crippen LogP contribution is 2.19. The summed E-state index contributed by atoms with van der Waals surface area (Å²) in [4.78, 5) is 6.50. The lowest BCUT2D eigenvalue weighted by molar-refractivity contribution is 0.412. The fourth-order valence-corrected chi connectivity index (χ4v) is 3.99. The lowest BCUT2D eigenvalue weighted by Gasteiger charge is -2.21. The summed E-state index contributed by atoms with van der Waals surface area (Å²) in [5.41, 5.74) is 0.922. The van der Waals surface area contributed by atoms with Crippen molar-refractivity contribution in [2.45, 2.75) is 51.6 Å². The number of nitrogens with one attached hydrogen (secondary N) is 1. The molecule has 8 heteroatoms. The van der Waals surface area contributed by atoms with Gasteiger partial charge in [-0.05, 0) is 31.4 Å². The maximum absolute atomic E-state index is 5.93. The summed E-state index contributed by atoms with van der Waals surface area (Å²) in [5, 5.41) is 13.4. The molecule has 0 aliphatic carbocycles. The SMILES string of the molecule is CN=C(NCCCc1nnc2n1CCCCC2)N(C)Cc1cc2ccccc2o1.I. The van der Waals surface area contributed by atoms with E-state index >= 15 is 0 Å².